The summed E-state index contributed by atoms with van der Waals surface area (Å²) in [4.78, 5) is 13.1. The van der Waals surface area contributed by atoms with E-state index in [1.54, 1.807) is 11.3 Å². The highest BCUT2D eigenvalue weighted by Crippen LogP contribution is 2.31. The fourth-order valence-electron chi connectivity index (χ4n) is 2.18. The second-order valence-corrected chi connectivity index (χ2v) is 6.24. The minimum atomic E-state index is -1.05. The van der Waals surface area contributed by atoms with E-state index in [0.717, 1.165) is 28.6 Å². The minimum Gasteiger partial charge on any atom is -0.382 e. The van der Waals surface area contributed by atoms with Crippen molar-refractivity contribution in [1.82, 2.24) is 0 Å². The zero-order chi connectivity index (χ0) is 11.6. The SMILES string of the molecule is O=C(Cc1sccc1Br)C1(O)CCCCC1. The highest BCUT2D eigenvalue weighted by molar-refractivity contribution is 9.10. The highest BCUT2D eigenvalue weighted by atomic mass is 79.9. The van der Waals surface area contributed by atoms with Crippen LogP contribution >= 0.6 is 27.3 Å². The zero-order valence-electron chi connectivity index (χ0n) is 9.04. The molecular weight excluding hydrogens is 288 g/mol. The Morgan fingerprint density at radius 1 is 1.44 bits per heavy atom. The maximum Gasteiger partial charge on any atom is 0.169 e. The Balaban J connectivity index is 2.05. The summed E-state index contributed by atoms with van der Waals surface area (Å²) in [6.45, 7) is 0. The van der Waals surface area contributed by atoms with Crippen molar-refractivity contribution in [1.29, 1.82) is 0 Å². The zero-order valence-corrected chi connectivity index (χ0v) is 11.4. The lowest BCUT2D eigenvalue weighted by molar-refractivity contribution is -0.139. The lowest BCUT2D eigenvalue weighted by Crippen LogP contribution is -2.41. The molecule has 1 N–H and O–H groups in total. The molecule has 1 saturated carbocycles. The van der Waals surface area contributed by atoms with Gasteiger partial charge in [0.25, 0.3) is 0 Å². The van der Waals surface area contributed by atoms with Crippen molar-refractivity contribution in [2.24, 2.45) is 0 Å². The normalized spacial score (nSPS) is 19.6. The van der Waals surface area contributed by atoms with Crippen LogP contribution in [0, 0.1) is 0 Å². The molecule has 1 aliphatic carbocycles. The first-order valence-corrected chi connectivity index (χ1v) is 7.27. The lowest BCUT2D eigenvalue weighted by atomic mass is 9.80. The van der Waals surface area contributed by atoms with Gasteiger partial charge in [-0.1, -0.05) is 19.3 Å². The van der Waals surface area contributed by atoms with Crippen molar-refractivity contribution in [3.8, 4) is 0 Å². The third-order valence-corrected chi connectivity index (χ3v) is 5.14. The highest BCUT2D eigenvalue weighted by Gasteiger charge is 2.36. The second-order valence-electron chi connectivity index (χ2n) is 4.38. The average Bonchev–Trinajstić information content (AvgIpc) is 2.65. The third-order valence-electron chi connectivity index (χ3n) is 3.21. The summed E-state index contributed by atoms with van der Waals surface area (Å²) in [5.41, 5.74) is -1.05. The maximum atomic E-state index is 12.1. The molecule has 88 valence electrons. The fraction of sp³-hybridized carbons (Fsp3) is 0.583. The van der Waals surface area contributed by atoms with Gasteiger partial charge in [-0.15, -0.1) is 11.3 Å². The van der Waals surface area contributed by atoms with Gasteiger partial charge in [-0.05, 0) is 40.2 Å². The number of aliphatic hydroxyl groups is 1. The molecule has 0 amide bonds. The van der Waals surface area contributed by atoms with Crippen molar-refractivity contribution in [3.63, 3.8) is 0 Å². The predicted molar refractivity (Wildman–Crippen MR) is 68.8 cm³/mol. The van der Waals surface area contributed by atoms with Gasteiger partial charge < -0.3 is 5.11 Å². The molecule has 0 unspecified atom stereocenters. The van der Waals surface area contributed by atoms with Gasteiger partial charge in [0.1, 0.15) is 5.60 Å². The quantitative estimate of drug-likeness (QED) is 0.930. The standard InChI is InChI=1S/C12H15BrO2S/c13-9-4-7-16-10(9)8-11(14)12(15)5-2-1-3-6-12/h4,7,15H,1-3,5-6,8H2. The number of thiophene rings is 1. The third kappa shape index (κ3) is 2.55. The lowest BCUT2D eigenvalue weighted by Gasteiger charge is -2.30. The Bertz CT molecular complexity index is 380. The van der Waals surface area contributed by atoms with Crippen LogP contribution in [0.15, 0.2) is 15.9 Å². The van der Waals surface area contributed by atoms with Crippen LogP contribution in [0.1, 0.15) is 37.0 Å². The van der Waals surface area contributed by atoms with Gasteiger partial charge in [0, 0.05) is 15.8 Å². The molecule has 4 heteroatoms. The number of hydrogen-bond acceptors (Lipinski definition) is 3. The van der Waals surface area contributed by atoms with Crippen LogP contribution in [-0.2, 0) is 11.2 Å². The number of carbonyl (C=O) groups is 1. The largest absolute Gasteiger partial charge is 0.382 e. The summed E-state index contributed by atoms with van der Waals surface area (Å²) in [6.07, 6.45) is 4.69. The van der Waals surface area contributed by atoms with Crippen molar-refractivity contribution in [3.05, 3.63) is 20.8 Å². The van der Waals surface area contributed by atoms with Crippen LogP contribution in [0.3, 0.4) is 0 Å². The molecule has 0 bridgehead atoms. The Morgan fingerprint density at radius 3 is 2.69 bits per heavy atom. The summed E-state index contributed by atoms with van der Waals surface area (Å²) >= 11 is 4.97. The monoisotopic (exact) mass is 302 g/mol. The van der Waals surface area contributed by atoms with E-state index in [1.165, 1.54) is 0 Å². The molecule has 1 aromatic rings. The van der Waals surface area contributed by atoms with E-state index < -0.39 is 5.60 Å². The average molecular weight is 303 g/mol. The van der Waals surface area contributed by atoms with E-state index in [0.29, 0.717) is 19.3 Å². The molecular formula is C12H15BrO2S. The molecule has 2 rings (SSSR count). The molecule has 0 radical (unpaired) electrons. The second kappa shape index (κ2) is 4.98. The van der Waals surface area contributed by atoms with E-state index in [9.17, 15) is 9.90 Å². The summed E-state index contributed by atoms with van der Waals surface area (Å²) in [6, 6.07) is 1.94. The molecule has 0 aliphatic heterocycles. The van der Waals surface area contributed by atoms with Crippen LogP contribution in [0.5, 0.6) is 0 Å². The Labute approximate surface area is 108 Å². The van der Waals surface area contributed by atoms with Crippen LogP contribution < -0.4 is 0 Å². The minimum absolute atomic E-state index is 0.0182. The molecule has 0 spiro atoms. The number of carbonyl (C=O) groups excluding carboxylic acids is 1. The number of ketones is 1. The van der Waals surface area contributed by atoms with Crippen molar-refractivity contribution in [2.75, 3.05) is 0 Å². The van der Waals surface area contributed by atoms with Gasteiger partial charge in [-0.2, -0.15) is 0 Å². The van der Waals surface area contributed by atoms with Crippen molar-refractivity contribution >= 4 is 33.0 Å². The van der Waals surface area contributed by atoms with Crippen molar-refractivity contribution < 1.29 is 9.90 Å². The van der Waals surface area contributed by atoms with Crippen LogP contribution in [0.4, 0.5) is 0 Å². The Morgan fingerprint density at radius 2 is 2.12 bits per heavy atom. The van der Waals surface area contributed by atoms with Crippen LogP contribution in [-0.4, -0.2) is 16.5 Å². The summed E-state index contributed by atoms with van der Waals surface area (Å²) in [5, 5.41) is 12.2. The summed E-state index contributed by atoms with van der Waals surface area (Å²) < 4.78 is 0.977. The number of Topliss-reactive ketones (excluding diaryl/α,β-unsaturated/α-hetero) is 1. The summed E-state index contributed by atoms with van der Waals surface area (Å²) in [7, 11) is 0. The first-order chi connectivity index (χ1) is 7.62. The molecule has 0 aromatic carbocycles. The van der Waals surface area contributed by atoms with E-state index in [2.05, 4.69) is 15.9 Å². The Kier molecular flexibility index (Phi) is 3.82. The molecule has 16 heavy (non-hydrogen) atoms. The summed E-state index contributed by atoms with van der Waals surface area (Å²) in [5.74, 6) is -0.0182. The fourth-order valence-corrected chi connectivity index (χ4v) is 3.67. The first kappa shape index (κ1) is 12.3. The maximum absolute atomic E-state index is 12.1. The Hall–Kier alpha value is -0.190. The molecule has 1 heterocycles. The van der Waals surface area contributed by atoms with E-state index in [4.69, 9.17) is 0 Å². The molecule has 0 atom stereocenters. The topological polar surface area (TPSA) is 37.3 Å². The van der Waals surface area contributed by atoms with E-state index in [-0.39, 0.29) is 5.78 Å². The van der Waals surface area contributed by atoms with Gasteiger partial charge in [0.2, 0.25) is 0 Å². The molecule has 0 saturated heterocycles. The number of halogens is 1. The van der Waals surface area contributed by atoms with Crippen LogP contribution in [0.2, 0.25) is 0 Å². The van der Waals surface area contributed by atoms with Gasteiger partial charge in [-0.3, -0.25) is 4.79 Å². The number of hydrogen-bond donors (Lipinski definition) is 1. The van der Waals surface area contributed by atoms with Crippen LogP contribution in [0.25, 0.3) is 0 Å². The molecule has 1 aromatic heterocycles. The van der Waals surface area contributed by atoms with E-state index in [1.807, 2.05) is 11.4 Å². The van der Waals surface area contributed by atoms with Gasteiger partial charge in [0.15, 0.2) is 5.78 Å². The number of rotatable bonds is 3. The van der Waals surface area contributed by atoms with Gasteiger partial charge in [0.05, 0.1) is 0 Å². The predicted octanol–water partition coefficient (Wildman–Crippen LogP) is 3.32. The van der Waals surface area contributed by atoms with Crippen molar-refractivity contribution in [2.45, 2.75) is 44.1 Å². The molecule has 1 aliphatic rings. The van der Waals surface area contributed by atoms with Gasteiger partial charge >= 0.3 is 0 Å². The first-order valence-electron chi connectivity index (χ1n) is 5.59. The molecule has 2 nitrogen and oxygen atoms in total. The van der Waals surface area contributed by atoms with Gasteiger partial charge in [-0.25, -0.2) is 0 Å². The smallest absolute Gasteiger partial charge is 0.169 e. The van der Waals surface area contributed by atoms with E-state index >= 15 is 0 Å². The molecule has 1 fully saturated rings.